The van der Waals surface area contributed by atoms with Crippen molar-refractivity contribution in [2.24, 2.45) is 5.73 Å². The summed E-state index contributed by atoms with van der Waals surface area (Å²) >= 11 is 5.26. The van der Waals surface area contributed by atoms with Crippen LogP contribution in [-0.2, 0) is 17.6 Å². The molecule has 0 radical (unpaired) electrons. The highest BCUT2D eigenvalue weighted by Crippen LogP contribution is 2.36. The Morgan fingerprint density at radius 2 is 2.14 bits per heavy atom. The fraction of sp³-hybridized carbons (Fsp3) is 0.667. The Bertz CT molecular complexity index is 563. The Labute approximate surface area is 130 Å². The first kappa shape index (κ1) is 14.7. The van der Waals surface area contributed by atoms with Crippen LogP contribution in [0.1, 0.15) is 49.9 Å². The first-order chi connectivity index (χ1) is 10.1. The third kappa shape index (κ3) is 2.62. The number of hydrogen-bond donors (Lipinski definition) is 2. The lowest BCUT2D eigenvalue weighted by Crippen LogP contribution is -2.32. The van der Waals surface area contributed by atoms with E-state index in [1.165, 1.54) is 6.42 Å². The van der Waals surface area contributed by atoms with E-state index < -0.39 is 0 Å². The van der Waals surface area contributed by atoms with Crippen LogP contribution < -0.4 is 11.1 Å². The van der Waals surface area contributed by atoms with E-state index in [9.17, 15) is 0 Å². The van der Waals surface area contributed by atoms with Crippen LogP contribution >= 0.6 is 12.2 Å². The van der Waals surface area contributed by atoms with Crippen molar-refractivity contribution in [3.05, 3.63) is 16.8 Å². The summed E-state index contributed by atoms with van der Waals surface area (Å²) in [6.07, 6.45) is 5.69. The largest absolute Gasteiger partial charge is 0.389 e. The van der Waals surface area contributed by atoms with E-state index in [1.54, 1.807) is 0 Å². The van der Waals surface area contributed by atoms with Crippen molar-refractivity contribution in [2.45, 2.75) is 64.2 Å². The van der Waals surface area contributed by atoms with Crippen molar-refractivity contribution >= 4 is 23.0 Å². The second kappa shape index (κ2) is 5.85. The summed E-state index contributed by atoms with van der Waals surface area (Å²) in [4.78, 5) is 0.392. The van der Waals surface area contributed by atoms with E-state index in [4.69, 9.17) is 22.7 Å². The van der Waals surface area contributed by atoms with E-state index in [-0.39, 0.29) is 6.10 Å². The number of nitrogens with two attached hydrogens (primary N) is 1. The summed E-state index contributed by atoms with van der Waals surface area (Å²) in [5.74, 6) is 0.720. The molecule has 2 fully saturated rings. The number of fused-ring (bicyclic) bond motifs is 2. The Morgan fingerprint density at radius 3 is 2.67 bits per heavy atom. The highest BCUT2D eigenvalue weighted by Gasteiger charge is 2.41. The number of thiocarbonyl (C=S) groups is 1. The van der Waals surface area contributed by atoms with Crippen LogP contribution in [0.3, 0.4) is 0 Å². The zero-order valence-electron chi connectivity index (χ0n) is 12.6. The number of ether oxygens (including phenoxy) is 1. The molecule has 3 N–H and O–H groups in total. The molecule has 3 atom stereocenters. The molecule has 2 saturated heterocycles. The molecule has 3 unspecified atom stereocenters. The van der Waals surface area contributed by atoms with Gasteiger partial charge in [-0.05, 0) is 37.7 Å². The van der Waals surface area contributed by atoms with Crippen molar-refractivity contribution in [3.63, 3.8) is 0 Å². The molecule has 3 rings (SSSR count). The van der Waals surface area contributed by atoms with Gasteiger partial charge in [0.1, 0.15) is 4.99 Å². The second-order valence-electron chi connectivity index (χ2n) is 5.78. The van der Waals surface area contributed by atoms with Crippen LogP contribution in [0, 0.1) is 0 Å². The van der Waals surface area contributed by atoms with Crippen LogP contribution in [-0.4, -0.2) is 33.4 Å². The van der Waals surface area contributed by atoms with Gasteiger partial charge in [0.15, 0.2) is 5.82 Å². The first-order valence-corrected chi connectivity index (χ1v) is 8.15. The molecule has 0 amide bonds. The molecule has 6 heteroatoms. The molecule has 21 heavy (non-hydrogen) atoms. The molecule has 114 valence electrons. The Kier molecular flexibility index (Phi) is 4.08. The van der Waals surface area contributed by atoms with Crippen molar-refractivity contribution in [1.82, 2.24) is 10.2 Å². The van der Waals surface area contributed by atoms with Gasteiger partial charge >= 0.3 is 0 Å². The standard InChI is InChI=1S/C15H22N4OS/c1-3-9-10(4-2)18-19-15(13(9)14(16)21)17-11-7-8-5-6-12(11)20-8/h8,11-12H,3-7H2,1-2H3,(H2,16,21)(H,17,19). The monoisotopic (exact) mass is 306 g/mol. The highest BCUT2D eigenvalue weighted by atomic mass is 32.1. The van der Waals surface area contributed by atoms with E-state index in [1.807, 2.05) is 0 Å². The fourth-order valence-electron chi connectivity index (χ4n) is 3.50. The molecular formula is C15H22N4OS. The summed E-state index contributed by atoms with van der Waals surface area (Å²) < 4.78 is 5.88. The summed E-state index contributed by atoms with van der Waals surface area (Å²) in [5, 5.41) is 12.2. The van der Waals surface area contributed by atoms with Crippen molar-refractivity contribution in [1.29, 1.82) is 0 Å². The van der Waals surface area contributed by atoms with E-state index in [0.29, 0.717) is 17.1 Å². The molecule has 3 heterocycles. The van der Waals surface area contributed by atoms with Crippen molar-refractivity contribution in [2.75, 3.05) is 5.32 Å². The van der Waals surface area contributed by atoms with Gasteiger partial charge in [-0.25, -0.2) is 0 Å². The molecule has 2 bridgehead atoms. The fourth-order valence-corrected chi connectivity index (χ4v) is 3.72. The second-order valence-corrected chi connectivity index (χ2v) is 6.22. The van der Waals surface area contributed by atoms with Gasteiger partial charge in [-0.3, -0.25) is 0 Å². The third-order valence-electron chi connectivity index (χ3n) is 4.52. The minimum absolute atomic E-state index is 0.284. The number of aryl methyl sites for hydroxylation is 1. The van der Waals surface area contributed by atoms with Crippen LogP contribution in [0.2, 0.25) is 0 Å². The third-order valence-corrected chi connectivity index (χ3v) is 4.72. The van der Waals surface area contributed by atoms with Gasteiger partial charge in [0.05, 0.1) is 29.5 Å². The molecule has 2 aliphatic rings. The van der Waals surface area contributed by atoms with Crippen LogP contribution in [0.5, 0.6) is 0 Å². The van der Waals surface area contributed by atoms with Gasteiger partial charge in [0, 0.05) is 0 Å². The van der Waals surface area contributed by atoms with Gasteiger partial charge in [0.25, 0.3) is 0 Å². The average molecular weight is 306 g/mol. The Hall–Kier alpha value is -1.27. The molecule has 0 aromatic carbocycles. The van der Waals surface area contributed by atoms with Crippen LogP contribution in [0.25, 0.3) is 0 Å². The average Bonchev–Trinajstić information content (AvgIpc) is 3.08. The molecule has 0 saturated carbocycles. The molecule has 2 aliphatic heterocycles. The van der Waals surface area contributed by atoms with Crippen molar-refractivity contribution in [3.8, 4) is 0 Å². The predicted molar refractivity (Wildman–Crippen MR) is 86.6 cm³/mol. The van der Waals surface area contributed by atoms with E-state index in [0.717, 1.165) is 48.3 Å². The normalized spacial score (nSPS) is 27.0. The smallest absolute Gasteiger partial charge is 0.159 e. The highest BCUT2D eigenvalue weighted by molar-refractivity contribution is 7.80. The van der Waals surface area contributed by atoms with Crippen LogP contribution in [0.15, 0.2) is 0 Å². The number of anilines is 1. The minimum atomic E-state index is 0.284. The van der Waals surface area contributed by atoms with Gasteiger partial charge in [-0.15, -0.1) is 5.10 Å². The maximum absolute atomic E-state index is 5.96. The number of nitrogens with zero attached hydrogens (tertiary/aromatic N) is 2. The zero-order chi connectivity index (χ0) is 15.0. The predicted octanol–water partition coefficient (Wildman–Crippen LogP) is 1.97. The van der Waals surface area contributed by atoms with Crippen molar-refractivity contribution < 1.29 is 4.74 Å². The maximum atomic E-state index is 5.96. The minimum Gasteiger partial charge on any atom is -0.389 e. The first-order valence-electron chi connectivity index (χ1n) is 7.74. The van der Waals surface area contributed by atoms with Crippen LogP contribution in [0.4, 0.5) is 5.82 Å². The summed E-state index contributed by atoms with van der Waals surface area (Å²) in [5.41, 5.74) is 8.92. The summed E-state index contributed by atoms with van der Waals surface area (Å²) in [6.45, 7) is 4.17. The lowest BCUT2D eigenvalue weighted by Gasteiger charge is -2.23. The summed E-state index contributed by atoms with van der Waals surface area (Å²) in [7, 11) is 0. The number of aromatic nitrogens is 2. The molecular weight excluding hydrogens is 284 g/mol. The molecule has 0 spiro atoms. The topological polar surface area (TPSA) is 73.1 Å². The maximum Gasteiger partial charge on any atom is 0.159 e. The molecule has 0 aliphatic carbocycles. The van der Waals surface area contributed by atoms with Gasteiger partial charge < -0.3 is 15.8 Å². The number of rotatable bonds is 5. The van der Waals surface area contributed by atoms with E-state index >= 15 is 0 Å². The zero-order valence-corrected chi connectivity index (χ0v) is 13.4. The Morgan fingerprint density at radius 1 is 1.33 bits per heavy atom. The molecule has 1 aromatic heterocycles. The molecule has 5 nitrogen and oxygen atoms in total. The van der Waals surface area contributed by atoms with Gasteiger partial charge in [0.2, 0.25) is 0 Å². The van der Waals surface area contributed by atoms with Gasteiger partial charge in [-0.2, -0.15) is 5.10 Å². The molecule has 1 aromatic rings. The SMILES string of the molecule is CCc1nnc(NC2CC3CCC2O3)c(C(N)=S)c1CC. The van der Waals surface area contributed by atoms with E-state index in [2.05, 4.69) is 29.4 Å². The Balaban J connectivity index is 1.92. The summed E-state index contributed by atoms with van der Waals surface area (Å²) in [6, 6.07) is 0.295. The quantitative estimate of drug-likeness (QED) is 0.810. The lowest BCUT2D eigenvalue weighted by atomic mass is 9.95. The lowest BCUT2D eigenvalue weighted by molar-refractivity contribution is 0.102. The number of hydrogen-bond acceptors (Lipinski definition) is 5. The number of nitrogens with one attached hydrogen (secondary N) is 1. The van der Waals surface area contributed by atoms with Gasteiger partial charge in [-0.1, -0.05) is 26.1 Å².